The lowest BCUT2D eigenvalue weighted by molar-refractivity contribution is 0.0526. The summed E-state index contributed by atoms with van der Waals surface area (Å²) < 4.78 is 4.84. The molecule has 0 aromatic heterocycles. The average Bonchev–Trinajstić information content (AvgIpc) is 2.36. The van der Waals surface area contributed by atoms with Crippen molar-refractivity contribution in [3.8, 4) is 6.07 Å². The number of carbonyl (C=O) groups excluding carboxylic acids is 2. The van der Waals surface area contributed by atoms with Gasteiger partial charge >= 0.3 is 5.97 Å². The predicted molar refractivity (Wildman–Crippen MR) is 61.9 cm³/mol. The fourth-order valence-electron chi connectivity index (χ4n) is 1.60. The summed E-state index contributed by atoms with van der Waals surface area (Å²) in [7, 11) is 0. The molecule has 0 unspecified atom stereocenters. The van der Waals surface area contributed by atoms with E-state index in [2.05, 4.69) is 0 Å². The summed E-state index contributed by atoms with van der Waals surface area (Å²) >= 11 is 0. The van der Waals surface area contributed by atoms with E-state index in [1.165, 1.54) is 6.07 Å². The van der Waals surface area contributed by atoms with Crippen LogP contribution in [0.3, 0.4) is 0 Å². The molecule has 0 spiro atoms. The molecule has 0 bridgehead atoms. The summed E-state index contributed by atoms with van der Waals surface area (Å²) in [6, 6.07) is 5.10. The van der Waals surface area contributed by atoms with Crippen LogP contribution in [0.15, 0.2) is 12.1 Å². The van der Waals surface area contributed by atoms with Crippen LogP contribution >= 0.6 is 0 Å². The minimum Gasteiger partial charge on any atom is -0.462 e. The van der Waals surface area contributed by atoms with Gasteiger partial charge in [-0.25, -0.2) is 4.79 Å². The van der Waals surface area contributed by atoms with Crippen LogP contribution in [0.2, 0.25) is 0 Å². The molecule has 0 radical (unpaired) electrons. The van der Waals surface area contributed by atoms with Crippen LogP contribution in [0.25, 0.3) is 0 Å². The Labute approximate surface area is 99.8 Å². The first-order valence-electron chi connectivity index (χ1n) is 5.37. The van der Waals surface area contributed by atoms with E-state index in [9.17, 15) is 9.59 Å². The molecule has 17 heavy (non-hydrogen) atoms. The Morgan fingerprint density at radius 3 is 2.65 bits per heavy atom. The minimum absolute atomic E-state index is 0.0952. The number of aryl methyl sites for hydroxylation is 1. The Kier molecular flexibility index (Phi) is 4.41. The maximum absolute atomic E-state index is 11.6. The number of hydrogen-bond acceptors (Lipinski definition) is 4. The van der Waals surface area contributed by atoms with Gasteiger partial charge in [0, 0.05) is 5.56 Å². The molecule has 4 nitrogen and oxygen atoms in total. The fourth-order valence-corrected chi connectivity index (χ4v) is 1.60. The Morgan fingerprint density at radius 1 is 1.47 bits per heavy atom. The quantitative estimate of drug-likeness (QED) is 0.588. The minimum atomic E-state index is -0.574. The first-order chi connectivity index (χ1) is 8.19. The second kappa shape index (κ2) is 5.80. The second-order valence-corrected chi connectivity index (χ2v) is 3.36. The van der Waals surface area contributed by atoms with Gasteiger partial charge in [0.05, 0.1) is 17.7 Å². The van der Waals surface area contributed by atoms with Gasteiger partial charge in [0.2, 0.25) is 0 Å². The third-order valence-electron chi connectivity index (χ3n) is 2.44. The van der Waals surface area contributed by atoms with Crippen molar-refractivity contribution >= 4 is 12.3 Å². The molecular weight excluding hydrogens is 218 g/mol. The third kappa shape index (κ3) is 2.51. The number of aldehydes is 1. The van der Waals surface area contributed by atoms with Crippen molar-refractivity contribution in [3.63, 3.8) is 0 Å². The molecule has 0 aliphatic heterocycles. The Hall–Kier alpha value is -2.15. The molecule has 1 aromatic carbocycles. The summed E-state index contributed by atoms with van der Waals surface area (Å²) in [6.45, 7) is 3.80. The van der Waals surface area contributed by atoms with E-state index in [-0.39, 0.29) is 23.3 Å². The van der Waals surface area contributed by atoms with Gasteiger partial charge in [-0.05, 0) is 25.0 Å². The molecule has 0 heterocycles. The molecule has 0 atom stereocenters. The number of rotatable bonds is 4. The first-order valence-corrected chi connectivity index (χ1v) is 5.37. The van der Waals surface area contributed by atoms with Gasteiger partial charge in [0.15, 0.2) is 6.29 Å². The number of nitrogens with zero attached hydrogens (tertiary/aromatic N) is 1. The van der Waals surface area contributed by atoms with E-state index in [0.29, 0.717) is 12.7 Å². The van der Waals surface area contributed by atoms with Gasteiger partial charge in [-0.1, -0.05) is 13.0 Å². The van der Waals surface area contributed by atoms with Gasteiger partial charge in [0.1, 0.15) is 6.07 Å². The maximum Gasteiger partial charge on any atom is 0.339 e. The predicted octanol–water partition coefficient (Wildman–Crippen LogP) is 2.11. The Bertz CT molecular complexity index is 486. The first kappa shape index (κ1) is 12.9. The lowest BCUT2D eigenvalue weighted by Crippen LogP contribution is -2.10. The van der Waals surface area contributed by atoms with Crippen LogP contribution in [-0.2, 0) is 11.2 Å². The molecule has 0 fully saturated rings. The second-order valence-electron chi connectivity index (χ2n) is 3.36. The van der Waals surface area contributed by atoms with Crippen molar-refractivity contribution in [2.45, 2.75) is 20.3 Å². The van der Waals surface area contributed by atoms with Crippen molar-refractivity contribution < 1.29 is 14.3 Å². The maximum atomic E-state index is 11.6. The smallest absolute Gasteiger partial charge is 0.339 e. The van der Waals surface area contributed by atoms with E-state index in [4.69, 9.17) is 10.00 Å². The number of benzene rings is 1. The molecule has 0 saturated heterocycles. The highest BCUT2D eigenvalue weighted by molar-refractivity contribution is 5.96. The summed E-state index contributed by atoms with van der Waals surface area (Å²) in [5.41, 5.74) is 1.27. The number of nitriles is 1. The van der Waals surface area contributed by atoms with Crippen molar-refractivity contribution in [2.24, 2.45) is 0 Å². The van der Waals surface area contributed by atoms with Crippen molar-refractivity contribution in [1.82, 2.24) is 0 Å². The normalized spacial score (nSPS) is 9.47. The van der Waals surface area contributed by atoms with Crippen LogP contribution in [0.4, 0.5) is 0 Å². The lowest BCUT2D eigenvalue weighted by Gasteiger charge is -2.08. The molecule has 0 aliphatic rings. The zero-order chi connectivity index (χ0) is 12.8. The number of carbonyl (C=O) groups is 2. The van der Waals surface area contributed by atoms with Crippen molar-refractivity contribution in [1.29, 1.82) is 5.26 Å². The molecule has 88 valence electrons. The largest absolute Gasteiger partial charge is 0.462 e. The molecule has 0 amide bonds. The van der Waals surface area contributed by atoms with Gasteiger partial charge in [0.25, 0.3) is 0 Å². The van der Waals surface area contributed by atoms with Crippen LogP contribution in [0.5, 0.6) is 0 Å². The highest BCUT2D eigenvalue weighted by atomic mass is 16.5. The van der Waals surface area contributed by atoms with E-state index in [0.717, 1.165) is 5.56 Å². The molecule has 1 aromatic rings. The van der Waals surface area contributed by atoms with Crippen LogP contribution in [0, 0.1) is 11.3 Å². The molecule has 1 rings (SSSR count). The van der Waals surface area contributed by atoms with Crippen LogP contribution < -0.4 is 0 Å². The van der Waals surface area contributed by atoms with E-state index in [1.54, 1.807) is 13.0 Å². The Balaban J connectivity index is 3.39. The summed E-state index contributed by atoms with van der Waals surface area (Å²) in [6.07, 6.45) is 1.24. The monoisotopic (exact) mass is 231 g/mol. The van der Waals surface area contributed by atoms with Crippen molar-refractivity contribution in [3.05, 3.63) is 34.4 Å². The number of hydrogen-bond donors (Lipinski definition) is 0. The van der Waals surface area contributed by atoms with E-state index >= 15 is 0 Å². The van der Waals surface area contributed by atoms with E-state index < -0.39 is 5.97 Å². The van der Waals surface area contributed by atoms with E-state index in [1.807, 2.05) is 13.0 Å². The highest BCUT2D eigenvalue weighted by Crippen LogP contribution is 2.18. The third-order valence-corrected chi connectivity index (χ3v) is 2.44. The number of ether oxygens (including phenoxy) is 1. The van der Waals surface area contributed by atoms with Gasteiger partial charge in [-0.2, -0.15) is 5.26 Å². The lowest BCUT2D eigenvalue weighted by atomic mass is 9.96. The molecule has 4 heteroatoms. The zero-order valence-corrected chi connectivity index (χ0v) is 9.82. The van der Waals surface area contributed by atoms with Crippen molar-refractivity contribution in [2.75, 3.05) is 6.61 Å². The standard InChI is InChI=1S/C13H13NO3/c1-3-9-5-6-10(13(16)17-4-2)11(7-14)12(9)8-15/h5-6,8H,3-4H2,1-2H3. The summed E-state index contributed by atoms with van der Waals surface area (Å²) in [4.78, 5) is 22.6. The molecular formula is C13H13NO3. The van der Waals surface area contributed by atoms with Gasteiger partial charge in [-0.3, -0.25) is 4.79 Å². The molecule has 0 saturated carbocycles. The van der Waals surface area contributed by atoms with Crippen LogP contribution in [0.1, 0.15) is 45.7 Å². The highest BCUT2D eigenvalue weighted by Gasteiger charge is 2.17. The molecule has 0 N–H and O–H groups in total. The fraction of sp³-hybridized carbons (Fsp3) is 0.308. The zero-order valence-electron chi connectivity index (χ0n) is 9.82. The molecule has 0 aliphatic carbocycles. The van der Waals surface area contributed by atoms with Gasteiger partial charge in [-0.15, -0.1) is 0 Å². The summed E-state index contributed by atoms with van der Waals surface area (Å²) in [5.74, 6) is -0.574. The Morgan fingerprint density at radius 2 is 2.18 bits per heavy atom. The number of esters is 1. The summed E-state index contributed by atoms with van der Waals surface area (Å²) in [5, 5.41) is 9.05. The van der Waals surface area contributed by atoms with Gasteiger partial charge < -0.3 is 4.74 Å². The average molecular weight is 231 g/mol. The topological polar surface area (TPSA) is 67.2 Å². The SMILES string of the molecule is CCOC(=O)c1ccc(CC)c(C=O)c1C#N. The van der Waals surface area contributed by atoms with Crippen LogP contribution in [-0.4, -0.2) is 18.9 Å².